The van der Waals surface area contributed by atoms with Crippen LogP contribution in [0.4, 0.5) is 9.52 Å². The summed E-state index contributed by atoms with van der Waals surface area (Å²) < 4.78 is 38.8. The summed E-state index contributed by atoms with van der Waals surface area (Å²) in [6.07, 6.45) is 1.47. The highest BCUT2D eigenvalue weighted by atomic mass is 35.5. The first-order chi connectivity index (χ1) is 7.99. The van der Waals surface area contributed by atoms with Crippen LogP contribution in [0.5, 0.6) is 0 Å². The van der Waals surface area contributed by atoms with E-state index in [2.05, 4.69) is 9.71 Å². The van der Waals surface area contributed by atoms with Crippen LogP contribution in [0.3, 0.4) is 0 Å². The second-order valence-electron chi connectivity index (χ2n) is 3.02. The maximum Gasteiger partial charge on any atom is 0.265 e. The van der Waals surface area contributed by atoms with E-state index in [1.54, 1.807) is 5.38 Å². The predicted molar refractivity (Wildman–Crippen MR) is 64.3 cm³/mol. The summed E-state index contributed by atoms with van der Waals surface area (Å²) in [6.45, 7) is 0. The Balaban J connectivity index is 2.38. The van der Waals surface area contributed by atoms with Gasteiger partial charge in [-0.15, -0.1) is 11.3 Å². The molecule has 8 heteroatoms. The lowest BCUT2D eigenvalue weighted by Gasteiger charge is -2.06. The fraction of sp³-hybridized carbons (Fsp3) is 0. The van der Waals surface area contributed by atoms with E-state index in [0.29, 0.717) is 0 Å². The molecule has 90 valence electrons. The first-order valence-electron chi connectivity index (χ1n) is 4.36. The maximum atomic E-state index is 12.8. The van der Waals surface area contributed by atoms with Gasteiger partial charge in [0.1, 0.15) is 10.7 Å². The Morgan fingerprint density at radius 2 is 2.18 bits per heavy atom. The number of aromatic nitrogens is 1. The van der Waals surface area contributed by atoms with Crippen LogP contribution in [0, 0.1) is 5.82 Å². The van der Waals surface area contributed by atoms with Crippen LogP contribution < -0.4 is 4.72 Å². The van der Waals surface area contributed by atoms with Crippen LogP contribution in [0.15, 0.2) is 34.7 Å². The summed E-state index contributed by atoms with van der Waals surface area (Å²) in [5.41, 5.74) is 0. The van der Waals surface area contributed by atoms with Crippen molar-refractivity contribution in [1.29, 1.82) is 0 Å². The van der Waals surface area contributed by atoms with Gasteiger partial charge in [-0.05, 0) is 18.2 Å². The lowest BCUT2D eigenvalue weighted by Crippen LogP contribution is -2.13. The second-order valence-corrected chi connectivity index (χ2v) is 5.97. The van der Waals surface area contributed by atoms with Crippen molar-refractivity contribution in [2.75, 3.05) is 4.72 Å². The Kier molecular flexibility index (Phi) is 3.32. The number of halogens is 2. The normalized spacial score (nSPS) is 11.4. The molecule has 2 aromatic rings. The van der Waals surface area contributed by atoms with Gasteiger partial charge in [-0.2, -0.15) is 0 Å². The monoisotopic (exact) mass is 292 g/mol. The number of sulfonamides is 1. The van der Waals surface area contributed by atoms with Crippen molar-refractivity contribution in [3.63, 3.8) is 0 Å². The molecule has 0 aliphatic heterocycles. The Hall–Kier alpha value is -1.18. The van der Waals surface area contributed by atoms with Crippen LogP contribution >= 0.6 is 22.9 Å². The fourth-order valence-corrected chi connectivity index (χ4v) is 3.46. The fourth-order valence-electron chi connectivity index (χ4n) is 1.14. The summed E-state index contributed by atoms with van der Waals surface area (Å²) in [7, 11) is -3.83. The summed E-state index contributed by atoms with van der Waals surface area (Å²) in [4.78, 5) is 3.60. The lowest BCUT2D eigenvalue weighted by molar-refractivity contribution is 0.599. The Bertz CT molecular complexity index is 628. The summed E-state index contributed by atoms with van der Waals surface area (Å²) in [5, 5.41) is 1.68. The average molecular weight is 293 g/mol. The molecule has 1 aromatic heterocycles. The van der Waals surface area contributed by atoms with Gasteiger partial charge in [-0.1, -0.05) is 11.6 Å². The van der Waals surface area contributed by atoms with Crippen molar-refractivity contribution in [2.24, 2.45) is 0 Å². The van der Waals surface area contributed by atoms with Crippen molar-refractivity contribution in [3.05, 3.63) is 40.6 Å². The first-order valence-corrected chi connectivity index (χ1v) is 7.10. The zero-order valence-electron chi connectivity index (χ0n) is 8.22. The van der Waals surface area contributed by atoms with Crippen molar-refractivity contribution < 1.29 is 12.8 Å². The van der Waals surface area contributed by atoms with Crippen molar-refractivity contribution in [1.82, 2.24) is 4.98 Å². The van der Waals surface area contributed by atoms with E-state index >= 15 is 0 Å². The molecule has 1 aromatic carbocycles. The van der Waals surface area contributed by atoms with Crippen LogP contribution in [0.25, 0.3) is 0 Å². The van der Waals surface area contributed by atoms with Gasteiger partial charge < -0.3 is 0 Å². The standard InChI is InChI=1S/C9H6ClFN2O2S2/c10-7-5-6(11)1-2-8(7)17(14,15)13-9-12-3-4-16-9/h1-5H,(H,12,13). The molecule has 2 rings (SSSR count). The summed E-state index contributed by atoms with van der Waals surface area (Å²) >= 11 is 6.81. The third-order valence-corrected chi connectivity index (χ3v) is 4.48. The highest BCUT2D eigenvalue weighted by Gasteiger charge is 2.19. The van der Waals surface area contributed by atoms with Gasteiger partial charge in [0.05, 0.1) is 5.02 Å². The Morgan fingerprint density at radius 1 is 1.41 bits per heavy atom. The second kappa shape index (κ2) is 4.59. The zero-order chi connectivity index (χ0) is 12.5. The molecule has 0 bridgehead atoms. The van der Waals surface area contributed by atoms with Crippen LogP contribution in [0.1, 0.15) is 0 Å². The van der Waals surface area contributed by atoms with Gasteiger partial charge in [-0.3, -0.25) is 4.72 Å². The molecule has 4 nitrogen and oxygen atoms in total. The number of anilines is 1. The molecular formula is C9H6ClFN2O2S2. The molecule has 0 radical (unpaired) electrons. The third-order valence-electron chi connectivity index (χ3n) is 1.84. The molecule has 0 atom stereocenters. The smallest absolute Gasteiger partial charge is 0.255 e. The summed E-state index contributed by atoms with van der Waals surface area (Å²) in [5.74, 6) is -0.594. The Morgan fingerprint density at radius 3 is 2.76 bits per heavy atom. The van der Waals surface area contributed by atoms with Gasteiger partial charge in [-0.25, -0.2) is 17.8 Å². The molecule has 0 aliphatic rings. The van der Waals surface area contributed by atoms with E-state index in [4.69, 9.17) is 11.6 Å². The van der Waals surface area contributed by atoms with Crippen LogP contribution in [-0.2, 0) is 10.0 Å². The number of hydrogen-bond acceptors (Lipinski definition) is 4. The van der Waals surface area contributed by atoms with E-state index in [-0.39, 0.29) is 15.0 Å². The minimum absolute atomic E-state index is 0.172. The number of nitrogens with zero attached hydrogens (tertiary/aromatic N) is 1. The number of thiazole rings is 1. The van der Waals surface area contributed by atoms with E-state index in [1.807, 2.05) is 0 Å². The molecule has 0 aliphatic carbocycles. The van der Waals surface area contributed by atoms with Crippen LogP contribution in [-0.4, -0.2) is 13.4 Å². The Labute approximate surface area is 106 Å². The topological polar surface area (TPSA) is 59.1 Å². The lowest BCUT2D eigenvalue weighted by atomic mass is 10.3. The molecule has 0 saturated heterocycles. The molecule has 17 heavy (non-hydrogen) atoms. The minimum atomic E-state index is -3.83. The quantitative estimate of drug-likeness (QED) is 0.946. The number of nitrogens with one attached hydrogen (secondary N) is 1. The largest absolute Gasteiger partial charge is 0.265 e. The van der Waals surface area contributed by atoms with Crippen LogP contribution in [0.2, 0.25) is 5.02 Å². The predicted octanol–water partition coefficient (Wildman–Crippen LogP) is 2.74. The molecule has 0 amide bonds. The van der Waals surface area contributed by atoms with E-state index in [0.717, 1.165) is 29.5 Å². The van der Waals surface area contributed by atoms with E-state index in [9.17, 15) is 12.8 Å². The van der Waals surface area contributed by atoms with Gasteiger partial charge >= 0.3 is 0 Å². The maximum absolute atomic E-state index is 12.8. The molecule has 0 spiro atoms. The summed E-state index contributed by atoms with van der Waals surface area (Å²) in [6, 6.07) is 3.08. The zero-order valence-corrected chi connectivity index (χ0v) is 10.6. The molecule has 0 saturated carbocycles. The van der Waals surface area contributed by atoms with Crippen molar-refractivity contribution in [2.45, 2.75) is 4.90 Å². The number of hydrogen-bond donors (Lipinski definition) is 1. The number of benzene rings is 1. The molecule has 0 fully saturated rings. The van der Waals surface area contributed by atoms with E-state index in [1.165, 1.54) is 6.20 Å². The third kappa shape index (κ3) is 2.74. The minimum Gasteiger partial charge on any atom is -0.255 e. The molecule has 0 unspecified atom stereocenters. The average Bonchev–Trinajstić information content (AvgIpc) is 2.68. The molecule has 1 N–H and O–H groups in total. The van der Waals surface area contributed by atoms with Crippen molar-refractivity contribution in [3.8, 4) is 0 Å². The highest BCUT2D eigenvalue weighted by Crippen LogP contribution is 2.25. The molecule has 1 heterocycles. The number of rotatable bonds is 3. The van der Waals surface area contributed by atoms with Gasteiger partial charge in [0.25, 0.3) is 10.0 Å². The molecular weight excluding hydrogens is 287 g/mol. The first kappa shape index (κ1) is 12.3. The van der Waals surface area contributed by atoms with Gasteiger partial charge in [0.2, 0.25) is 0 Å². The van der Waals surface area contributed by atoms with Gasteiger partial charge in [0, 0.05) is 11.6 Å². The highest BCUT2D eigenvalue weighted by molar-refractivity contribution is 7.93. The van der Waals surface area contributed by atoms with Gasteiger partial charge in [0.15, 0.2) is 5.13 Å². The van der Waals surface area contributed by atoms with Crippen molar-refractivity contribution >= 4 is 38.1 Å². The van der Waals surface area contributed by atoms with E-state index < -0.39 is 15.8 Å². The SMILES string of the molecule is O=S(=O)(Nc1nccs1)c1ccc(F)cc1Cl.